The van der Waals surface area contributed by atoms with Gasteiger partial charge in [-0.05, 0) is 43.3 Å². The van der Waals surface area contributed by atoms with E-state index in [0.717, 1.165) is 0 Å². The molecule has 0 unspecified atom stereocenters. The predicted molar refractivity (Wildman–Crippen MR) is 163 cm³/mol. The lowest BCUT2D eigenvalue weighted by molar-refractivity contribution is -0.385. The largest absolute Gasteiger partial charge is 0.497 e. The first kappa shape index (κ1) is 32.5. The Kier molecular flexibility index (Phi) is 10.5. The summed E-state index contributed by atoms with van der Waals surface area (Å²) in [7, 11) is 4.49. The van der Waals surface area contributed by atoms with E-state index < -0.39 is 40.8 Å². The summed E-state index contributed by atoms with van der Waals surface area (Å²) in [5.41, 5.74) is -0.361. The number of anilines is 1. The highest BCUT2D eigenvalue weighted by atomic mass is 16.6. The monoisotopic (exact) mass is 628 g/mol. The van der Waals surface area contributed by atoms with Crippen LogP contribution in [-0.2, 0) is 9.53 Å². The summed E-state index contributed by atoms with van der Waals surface area (Å²) in [6.07, 6.45) is 0. The summed E-state index contributed by atoms with van der Waals surface area (Å²) in [6.45, 7) is 1.20. The van der Waals surface area contributed by atoms with Crippen LogP contribution in [-0.4, -0.2) is 66.0 Å². The molecule has 236 valence electrons. The van der Waals surface area contributed by atoms with Gasteiger partial charge in [0.2, 0.25) is 5.82 Å². The van der Waals surface area contributed by atoms with Gasteiger partial charge in [-0.15, -0.1) is 0 Å². The van der Waals surface area contributed by atoms with Crippen LogP contribution >= 0.6 is 0 Å². The maximum Gasteiger partial charge on any atom is 0.373 e. The van der Waals surface area contributed by atoms with Gasteiger partial charge in [-0.1, -0.05) is 18.2 Å². The van der Waals surface area contributed by atoms with E-state index in [1.807, 2.05) is 12.1 Å². The third-order valence-corrected chi connectivity index (χ3v) is 5.95. The lowest BCUT2D eigenvalue weighted by Crippen LogP contribution is -2.21. The summed E-state index contributed by atoms with van der Waals surface area (Å²) in [6, 6.07) is 18.9. The van der Waals surface area contributed by atoms with Crippen LogP contribution in [0.5, 0.6) is 40.6 Å². The number of esters is 1. The highest BCUT2D eigenvalue weighted by molar-refractivity contribution is 5.94. The molecule has 15 nitrogen and oxygen atoms in total. The number of methoxy groups -OCH3 is 1. The molecule has 4 rings (SSSR count). The minimum absolute atomic E-state index is 0.000653. The van der Waals surface area contributed by atoms with E-state index in [2.05, 4.69) is 15.3 Å². The molecule has 0 atom stereocenters. The number of rotatable bonds is 13. The van der Waals surface area contributed by atoms with Crippen molar-refractivity contribution < 1.29 is 38.2 Å². The molecule has 0 aliphatic rings. The summed E-state index contributed by atoms with van der Waals surface area (Å²) >= 11 is 0. The quantitative estimate of drug-likeness (QED) is 0.114. The molecular weight excluding hydrogens is 600 g/mol. The maximum atomic E-state index is 12.7. The molecule has 0 saturated heterocycles. The van der Waals surface area contributed by atoms with E-state index >= 15 is 0 Å². The second-order valence-corrected chi connectivity index (χ2v) is 9.41. The number of para-hydroxylation sites is 1. The third kappa shape index (κ3) is 8.14. The number of carbonyl (C=O) groups is 2. The number of ether oxygens (including phenoxy) is 5. The van der Waals surface area contributed by atoms with Gasteiger partial charge in [-0.25, -0.2) is 0 Å². The SMILES string of the molecule is CCOC(=O)CNc1nc(Oc2cc(C#N)ccc2Oc2ccccc2)nc(Oc2cc(OC)cc(C(=O)N(C)C)c2)c1[N+](=O)[O-]. The molecule has 0 spiro atoms. The molecule has 1 N–H and O–H groups in total. The Balaban J connectivity index is 1.83. The van der Waals surface area contributed by atoms with Crippen LogP contribution in [0.2, 0.25) is 0 Å². The van der Waals surface area contributed by atoms with Crippen LogP contribution in [0.1, 0.15) is 22.8 Å². The van der Waals surface area contributed by atoms with Crippen LogP contribution in [0.25, 0.3) is 0 Å². The number of amides is 1. The third-order valence-electron chi connectivity index (χ3n) is 5.95. The average molecular weight is 629 g/mol. The number of nitrogens with one attached hydrogen (secondary N) is 1. The highest BCUT2D eigenvalue weighted by Gasteiger charge is 2.29. The van der Waals surface area contributed by atoms with Crippen LogP contribution < -0.4 is 24.3 Å². The van der Waals surface area contributed by atoms with E-state index in [1.165, 1.54) is 48.4 Å². The minimum atomic E-state index is -0.807. The van der Waals surface area contributed by atoms with Crippen molar-refractivity contribution in [2.75, 3.05) is 39.7 Å². The molecule has 0 bridgehead atoms. The molecule has 1 aromatic heterocycles. The van der Waals surface area contributed by atoms with E-state index in [0.29, 0.717) is 5.75 Å². The van der Waals surface area contributed by atoms with Gasteiger partial charge >= 0.3 is 23.5 Å². The fourth-order valence-corrected chi connectivity index (χ4v) is 3.88. The molecule has 0 radical (unpaired) electrons. The van der Waals surface area contributed by atoms with Crippen LogP contribution in [0.3, 0.4) is 0 Å². The summed E-state index contributed by atoms with van der Waals surface area (Å²) in [5, 5.41) is 24.4. The molecule has 46 heavy (non-hydrogen) atoms. The maximum absolute atomic E-state index is 12.7. The molecule has 3 aromatic carbocycles. The molecule has 1 amide bonds. The van der Waals surface area contributed by atoms with Crippen molar-refractivity contribution in [3.63, 3.8) is 0 Å². The van der Waals surface area contributed by atoms with Crippen molar-refractivity contribution in [2.45, 2.75) is 6.92 Å². The van der Waals surface area contributed by atoms with E-state index in [9.17, 15) is 25.0 Å². The molecule has 0 fully saturated rings. The lowest BCUT2D eigenvalue weighted by Gasteiger charge is -2.15. The summed E-state index contributed by atoms with van der Waals surface area (Å²) < 4.78 is 27.9. The van der Waals surface area contributed by atoms with Crippen molar-refractivity contribution in [1.29, 1.82) is 5.26 Å². The molecule has 15 heteroatoms. The van der Waals surface area contributed by atoms with Crippen molar-refractivity contribution in [1.82, 2.24) is 14.9 Å². The Morgan fingerprint density at radius 1 is 0.957 bits per heavy atom. The van der Waals surface area contributed by atoms with Gasteiger partial charge in [-0.3, -0.25) is 19.7 Å². The molecule has 1 heterocycles. The minimum Gasteiger partial charge on any atom is -0.497 e. The molecule has 4 aromatic rings. The number of hydrogen-bond acceptors (Lipinski definition) is 13. The zero-order valence-electron chi connectivity index (χ0n) is 25.2. The summed E-state index contributed by atoms with van der Waals surface area (Å²) in [5.74, 6) is -1.29. The number of carbonyl (C=O) groups excluding carboxylic acids is 2. The zero-order chi connectivity index (χ0) is 33.2. The van der Waals surface area contributed by atoms with Crippen LogP contribution in [0, 0.1) is 21.4 Å². The summed E-state index contributed by atoms with van der Waals surface area (Å²) in [4.78, 5) is 45.9. The number of nitriles is 1. The fraction of sp³-hybridized carbons (Fsp3) is 0.194. The van der Waals surface area contributed by atoms with Gasteiger partial charge in [0.25, 0.3) is 5.91 Å². The Bertz CT molecular complexity index is 1790. The van der Waals surface area contributed by atoms with Crippen molar-refractivity contribution >= 4 is 23.4 Å². The highest BCUT2D eigenvalue weighted by Crippen LogP contribution is 2.40. The standard InChI is InChI=1S/C31H28N6O9/c1-5-43-26(38)18-33-28-27(37(40)41)29(45-23-15-20(30(39)36(2)3)14-22(16-23)42-4)35-31(34-28)46-25-13-19(17-32)11-12-24(25)44-21-9-7-6-8-10-21/h6-16H,5,18H2,1-4H3,(H,33,34,35). The van der Waals surface area contributed by atoms with Crippen molar-refractivity contribution in [3.8, 4) is 46.7 Å². The Labute approximate surface area is 263 Å². The fourth-order valence-electron chi connectivity index (χ4n) is 3.88. The van der Waals surface area contributed by atoms with Gasteiger partial charge in [0.05, 0.1) is 30.3 Å². The first-order valence-corrected chi connectivity index (χ1v) is 13.6. The van der Waals surface area contributed by atoms with Gasteiger partial charge in [0.1, 0.15) is 23.8 Å². The van der Waals surface area contributed by atoms with Crippen molar-refractivity contribution in [2.24, 2.45) is 0 Å². The first-order chi connectivity index (χ1) is 22.1. The van der Waals surface area contributed by atoms with E-state index in [1.54, 1.807) is 45.3 Å². The van der Waals surface area contributed by atoms with Crippen LogP contribution in [0.4, 0.5) is 11.5 Å². The zero-order valence-corrected chi connectivity index (χ0v) is 25.2. The smallest absolute Gasteiger partial charge is 0.373 e. The molecular formula is C31H28N6O9. The van der Waals surface area contributed by atoms with Gasteiger partial charge < -0.3 is 33.9 Å². The number of nitro groups is 1. The Morgan fingerprint density at radius 2 is 1.70 bits per heavy atom. The molecule has 0 aliphatic heterocycles. The van der Waals surface area contributed by atoms with Gasteiger partial charge in [0.15, 0.2) is 11.5 Å². The predicted octanol–water partition coefficient (Wildman–Crippen LogP) is 5.32. The van der Waals surface area contributed by atoms with E-state index in [-0.39, 0.29) is 46.6 Å². The number of hydrogen-bond donors (Lipinski definition) is 1. The lowest BCUT2D eigenvalue weighted by atomic mass is 10.2. The van der Waals surface area contributed by atoms with Gasteiger partial charge in [-0.2, -0.15) is 15.2 Å². The number of nitrogens with zero attached hydrogens (tertiary/aromatic N) is 5. The average Bonchev–Trinajstić information content (AvgIpc) is 3.04. The molecule has 0 aliphatic carbocycles. The normalized spacial score (nSPS) is 10.2. The Hall–Kier alpha value is -6.43. The number of aromatic nitrogens is 2. The second kappa shape index (κ2) is 14.8. The molecule has 0 saturated carbocycles. The second-order valence-electron chi connectivity index (χ2n) is 9.41. The number of benzene rings is 3. The van der Waals surface area contributed by atoms with E-state index in [4.69, 9.17) is 23.7 Å². The van der Waals surface area contributed by atoms with Crippen molar-refractivity contribution in [3.05, 3.63) is 88.0 Å². The van der Waals surface area contributed by atoms with Crippen LogP contribution in [0.15, 0.2) is 66.7 Å². The topological polar surface area (TPSA) is 188 Å². The first-order valence-electron chi connectivity index (χ1n) is 13.6. The Morgan fingerprint density at radius 3 is 2.35 bits per heavy atom. The van der Waals surface area contributed by atoms with Gasteiger partial charge in [0, 0.05) is 31.8 Å².